The normalized spacial score (nSPS) is 20.1. The average molecular weight is 244 g/mol. The van der Waals surface area contributed by atoms with Gasteiger partial charge in [-0.2, -0.15) is 0 Å². The van der Waals surface area contributed by atoms with Crippen molar-refractivity contribution < 1.29 is 4.21 Å². The molecule has 2 nitrogen and oxygen atoms in total. The molecule has 0 radical (unpaired) electrons. The number of benzene rings is 1. The van der Waals surface area contributed by atoms with Gasteiger partial charge in [-0.3, -0.25) is 0 Å². The molecule has 82 valence electrons. The van der Waals surface area contributed by atoms with E-state index in [1.165, 1.54) is 6.42 Å². The van der Waals surface area contributed by atoms with Gasteiger partial charge in [0.05, 0.1) is 9.92 Å². The molecule has 15 heavy (non-hydrogen) atoms. The van der Waals surface area contributed by atoms with Gasteiger partial charge >= 0.3 is 0 Å². The monoisotopic (exact) mass is 243 g/mol. The minimum atomic E-state index is -1.08. The molecule has 1 unspecified atom stereocenters. The van der Waals surface area contributed by atoms with Gasteiger partial charge in [0.15, 0.2) is 0 Å². The molecule has 1 aliphatic rings. The fourth-order valence-electron chi connectivity index (χ4n) is 1.76. The van der Waals surface area contributed by atoms with Gasteiger partial charge in [0.2, 0.25) is 0 Å². The van der Waals surface area contributed by atoms with Crippen LogP contribution >= 0.6 is 11.6 Å². The molecule has 1 aromatic carbocycles. The van der Waals surface area contributed by atoms with Gasteiger partial charge in [-0.1, -0.05) is 30.2 Å². The van der Waals surface area contributed by atoms with Crippen LogP contribution in [0.1, 0.15) is 19.3 Å². The lowest BCUT2D eigenvalue weighted by Gasteiger charge is -2.25. The first kappa shape index (κ1) is 11.1. The van der Waals surface area contributed by atoms with Crippen LogP contribution in [0.5, 0.6) is 0 Å². The number of rotatable bonds is 2. The van der Waals surface area contributed by atoms with Crippen LogP contribution in [0.15, 0.2) is 29.2 Å². The molecule has 2 rings (SSSR count). The molecule has 4 heteroatoms. The van der Waals surface area contributed by atoms with Crippen molar-refractivity contribution in [3.63, 3.8) is 0 Å². The fraction of sp³-hybridized carbons (Fsp3) is 0.455. The number of hydrogen-bond donors (Lipinski definition) is 0. The van der Waals surface area contributed by atoms with Crippen molar-refractivity contribution in [1.82, 2.24) is 4.31 Å². The third-order valence-corrected chi connectivity index (χ3v) is 4.58. The minimum absolute atomic E-state index is 0.599. The lowest BCUT2D eigenvalue weighted by molar-refractivity contribution is 0.365. The zero-order valence-electron chi connectivity index (χ0n) is 8.49. The van der Waals surface area contributed by atoms with E-state index in [1.807, 2.05) is 22.5 Å². The van der Waals surface area contributed by atoms with Gasteiger partial charge in [-0.15, -0.1) is 0 Å². The molecule has 1 heterocycles. The summed E-state index contributed by atoms with van der Waals surface area (Å²) in [6.07, 6.45) is 3.52. The van der Waals surface area contributed by atoms with Crippen LogP contribution in [0.25, 0.3) is 0 Å². The standard InChI is InChI=1S/C11H14ClNOS/c12-10-6-2-3-7-11(10)15(14)13-8-4-1-5-9-13/h2-3,6-7H,1,4-5,8-9H2. The Hall–Kier alpha value is -0.380. The molecule has 1 aliphatic heterocycles. The molecule has 0 aliphatic carbocycles. The summed E-state index contributed by atoms with van der Waals surface area (Å²) in [5.41, 5.74) is 0. The highest BCUT2D eigenvalue weighted by molar-refractivity contribution is 7.82. The Kier molecular flexibility index (Phi) is 3.78. The first-order valence-electron chi connectivity index (χ1n) is 5.20. The number of hydrogen-bond acceptors (Lipinski definition) is 1. The van der Waals surface area contributed by atoms with Crippen LogP contribution in [-0.4, -0.2) is 21.6 Å². The Balaban J connectivity index is 2.16. The van der Waals surface area contributed by atoms with E-state index in [1.54, 1.807) is 6.07 Å². The van der Waals surface area contributed by atoms with Gasteiger partial charge in [0, 0.05) is 13.1 Å². The molecule has 1 fully saturated rings. The number of nitrogens with zero attached hydrogens (tertiary/aromatic N) is 1. The highest BCUT2D eigenvalue weighted by Gasteiger charge is 2.19. The van der Waals surface area contributed by atoms with E-state index >= 15 is 0 Å². The van der Waals surface area contributed by atoms with Crippen LogP contribution in [-0.2, 0) is 11.0 Å². The van der Waals surface area contributed by atoms with E-state index in [0.717, 1.165) is 30.8 Å². The van der Waals surface area contributed by atoms with Crippen LogP contribution in [0.2, 0.25) is 5.02 Å². The van der Waals surface area contributed by atoms with Crippen molar-refractivity contribution in [3.05, 3.63) is 29.3 Å². The third kappa shape index (κ3) is 2.60. The molecule has 0 bridgehead atoms. The van der Waals surface area contributed by atoms with Crippen LogP contribution in [0.3, 0.4) is 0 Å². The number of piperidine rings is 1. The van der Waals surface area contributed by atoms with Crippen LogP contribution < -0.4 is 0 Å². The molecule has 0 spiro atoms. The first-order chi connectivity index (χ1) is 7.29. The lowest BCUT2D eigenvalue weighted by Crippen LogP contribution is -2.31. The van der Waals surface area contributed by atoms with Crippen molar-refractivity contribution in [2.24, 2.45) is 0 Å². The summed E-state index contributed by atoms with van der Waals surface area (Å²) in [4.78, 5) is 0.737. The Morgan fingerprint density at radius 3 is 2.47 bits per heavy atom. The molecule has 1 saturated heterocycles. The van der Waals surface area contributed by atoms with E-state index in [0.29, 0.717) is 5.02 Å². The summed E-state index contributed by atoms with van der Waals surface area (Å²) in [7, 11) is -1.08. The van der Waals surface area contributed by atoms with E-state index < -0.39 is 11.0 Å². The highest BCUT2D eigenvalue weighted by atomic mass is 35.5. The van der Waals surface area contributed by atoms with Crippen molar-refractivity contribution >= 4 is 22.6 Å². The van der Waals surface area contributed by atoms with Crippen LogP contribution in [0.4, 0.5) is 0 Å². The Morgan fingerprint density at radius 2 is 1.80 bits per heavy atom. The molecule has 0 N–H and O–H groups in total. The predicted octanol–water partition coefficient (Wildman–Crippen LogP) is 2.85. The minimum Gasteiger partial charge on any atom is -0.237 e. The van der Waals surface area contributed by atoms with Crippen molar-refractivity contribution in [1.29, 1.82) is 0 Å². The zero-order valence-corrected chi connectivity index (χ0v) is 10.1. The smallest absolute Gasteiger partial charge is 0.129 e. The zero-order chi connectivity index (χ0) is 10.7. The topological polar surface area (TPSA) is 20.3 Å². The summed E-state index contributed by atoms with van der Waals surface area (Å²) >= 11 is 6.02. The van der Waals surface area contributed by atoms with E-state index in [9.17, 15) is 4.21 Å². The maximum absolute atomic E-state index is 12.2. The largest absolute Gasteiger partial charge is 0.237 e. The predicted molar refractivity (Wildman–Crippen MR) is 63.3 cm³/mol. The molecular weight excluding hydrogens is 230 g/mol. The molecule has 0 aromatic heterocycles. The summed E-state index contributed by atoms with van der Waals surface area (Å²) in [6.45, 7) is 1.83. The fourth-order valence-corrected chi connectivity index (χ4v) is 3.39. The van der Waals surface area contributed by atoms with Gasteiger partial charge in [0.25, 0.3) is 0 Å². The lowest BCUT2D eigenvalue weighted by atomic mass is 10.2. The molecule has 1 aromatic rings. The van der Waals surface area contributed by atoms with Gasteiger partial charge in [-0.25, -0.2) is 8.51 Å². The van der Waals surface area contributed by atoms with Crippen LogP contribution in [0, 0.1) is 0 Å². The van der Waals surface area contributed by atoms with Gasteiger partial charge in [-0.05, 0) is 25.0 Å². The Bertz CT molecular complexity index is 363. The van der Waals surface area contributed by atoms with E-state index in [-0.39, 0.29) is 0 Å². The number of halogens is 1. The molecule has 0 amide bonds. The molecule has 0 saturated carbocycles. The summed E-state index contributed by atoms with van der Waals surface area (Å²) < 4.78 is 14.2. The van der Waals surface area contributed by atoms with Crippen molar-refractivity contribution in [2.75, 3.05) is 13.1 Å². The average Bonchev–Trinajstić information content (AvgIpc) is 2.30. The van der Waals surface area contributed by atoms with E-state index in [2.05, 4.69) is 0 Å². The molecule has 1 atom stereocenters. The summed E-state index contributed by atoms with van der Waals surface area (Å²) in [6, 6.07) is 7.37. The summed E-state index contributed by atoms with van der Waals surface area (Å²) in [5, 5.41) is 0.599. The second-order valence-electron chi connectivity index (χ2n) is 3.67. The van der Waals surface area contributed by atoms with Crippen molar-refractivity contribution in [2.45, 2.75) is 24.2 Å². The SMILES string of the molecule is O=S(c1ccccc1Cl)N1CCCCC1. The van der Waals surface area contributed by atoms with Gasteiger partial charge < -0.3 is 0 Å². The Morgan fingerprint density at radius 1 is 1.13 bits per heavy atom. The Labute approximate surface area is 97.8 Å². The quantitative estimate of drug-likeness (QED) is 0.782. The molecular formula is C11H14ClNOS. The second-order valence-corrected chi connectivity index (χ2v) is 5.53. The third-order valence-electron chi connectivity index (χ3n) is 2.57. The first-order valence-corrected chi connectivity index (χ1v) is 6.69. The van der Waals surface area contributed by atoms with Gasteiger partial charge in [0.1, 0.15) is 11.0 Å². The maximum atomic E-state index is 12.2. The second kappa shape index (κ2) is 5.10. The maximum Gasteiger partial charge on any atom is 0.129 e. The van der Waals surface area contributed by atoms with E-state index in [4.69, 9.17) is 11.6 Å². The highest BCUT2D eigenvalue weighted by Crippen LogP contribution is 2.23. The summed E-state index contributed by atoms with van der Waals surface area (Å²) in [5.74, 6) is 0. The van der Waals surface area contributed by atoms with Crippen molar-refractivity contribution in [3.8, 4) is 0 Å².